The maximum absolute atomic E-state index is 10.5. The highest BCUT2D eigenvalue weighted by atomic mass is 16.8. The van der Waals surface area contributed by atoms with Crippen LogP contribution in [0.5, 0.6) is 0 Å². The van der Waals surface area contributed by atoms with Gasteiger partial charge in [-0.15, -0.1) is 0 Å². The molecule has 1 heterocycles. The summed E-state index contributed by atoms with van der Waals surface area (Å²) in [5, 5.41) is 10.5. The van der Waals surface area contributed by atoms with Gasteiger partial charge in [-0.2, -0.15) is 0 Å². The molecule has 1 aromatic heterocycles. The number of non-ortho nitro benzene ring substituents is 1. The van der Waals surface area contributed by atoms with E-state index in [0.29, 0.717) is 6.54 Å². The number of rotatable bonds is 4. The standard InChI is InChI=1S/C13H11N3O3/c17-16(18)13-8-6-11(7-9-13)10-14-15(19-14)12-4-2-1-3-5-12/h1-9H,10H2. The molecule has 0 bridgehead atoms. The maximum Gasteiger partial charge on any atom is 0.269 e. The van der Waals surface area contributed by atoms with Crippen molar-refractivity contribution in [3.8, 4) is 5.69 Å². The number of hydrogen-bond donors (Lipinski definition) is 0. The van der Waals surface area contributed by atoms with Gasteiger partial charge in [0.15, 0.2) is 0 Å². The second-order valence-corrected chi connectivity index (χ2v) is 4.12. The van der Waals surface area contributed by atoms with E-state index >= 15 is 0 Å². The molecule has 19 heavy (non-hydrogen) atoms. The predicted molar refractivity (Wildman–Crippen MR) is 68.2 cm³/mol. The molecule has 0 radical (unpaired) electrons. The van der Waals surface area contributed by atoms with Crippen molar-refractivity contribution in [3.63, 3.8) is 0 Å². The van der Waals surface area contributed by atoms with Crippen LogP contribution in [0.4, 0.5) is 5.69 Å². The smallest absolute Gasteiger partial charge is 0.258 e. The van der Waals surface area contributed by atoms with Gasteiger partial charge in [0.25, 0.3) is 5.69 Å². The fourth-order valence-electron chi connectivity index (χ4n) is 1.78. The summed E-state index contributed by atoms with van der Waals surface area (Å²) in [6, 6.07) is 16.1. The lowest BCUT2D eigenvalue weighted by molar-refractivity contribution is -0.384. The van der Waals surface area contributed by atoms with Gasteiger partial charge in [0.1, 0.15) is 12.2 Å². The fourth-order valence-corrected chi connectivity index (χ4v) is 1.78. The molecule has 3 rings (SSSR count). The van der Waals surface area contributed by atoms with E-state index in [1.807, 2.05) is 30.3 Å². The fraction of sp³-hybridized carbons (Fsp3) is 0.0769. The Morgan fingerprint density at radius 2 is 1.74 bits per heavy atom. The number of nitro benzene ring substituents is 1. The number of benzene rings is 2. The average molecular weight is 257 g/mol. The molecular weight excluding hydrogens is 246 g/mol. The van der Waals surface area contributed by atoms with Crippen LogP contribution < -0.4 is 0 Å². The van der Waals surface area contributed by atoms with Crippen molar-refractivity contribution in [2.45, 2.75) is 6.54 Å². The molecule has 0 spiro atoms. The molecule has 0 saturated heterocycles. The van der Waals surface area contributed by atoms with Crippen LogP contribution in [0.15, 0.2) is 59.2 Å². The predicted octanol–water partition coefficient (Wildman–Crippen LogP) is 2.83. The lowest BCUT2D eigenvalue weighted by atomic mass is 10.2. The number of aromatic nitrogens is 2. The third-order valence-electron chi connectivity index (χ3n) is 2.79. The van der Waals surface area contributed by atoms with E-state index in [0.717, 1.165) is 11.3 Å². The minimum atomic E-state index is -0.409. The summed E-state index contributed by atoms with van der Waals surface area (Å²) in [6.07, 6.45) is 0. The molecule has 0 aliphatic carbocycles. The Hall–Kier alpha value is -2.76. The molecule has 3 aromatic rings. The summed E-state index contributed by atoms with van der Waals surface area (Å²) in [6.45, 7) is 0.549. The molecule has 0 saturated carbocycles. The summed E-state index contributed by atoms with van der Waals surface area (Å²) in [7, 11) is 0. The molecule has 0 aliphatic rings. The van der Waals surface area contributed by atoms with E-state index in [4.69, 9.17) is 4.63 Å². The van der Waals surface area contributed by atoms with E-state index < -0.39 is 4.92 Å². The van der Waals surface area contributed by atoms with Crippen LogP contribution >= 0.6 is 0 Å². The molecule has 0 atom stereocenters. The summed E-state index contributed by atoms with van der Waals surface area (Å²) >= 11 is 0. The highest BCUT2D eigenvalue weighted by molar-refractivity contribution is 5.33. The quantitative estimate of drug-likeness (QED) is 0.533. The van der Waals surface area contributed by atoms with Gasteiger partial charge in [-0.05, 0) is 17.7 Å². The molecule has 0 unspecified atom stereocenters. The lowest BCUT2D eigenvalue weighted by Gasteiger charge is -1.95. The first kappa shape index (κ1) is 11.3. The van der Waals surface area contributed by atoms with Crippen LogP contribution in [0.1, 0.15) is 5.56 Å². The monoisotopic (exact) mass is 257 g/mol. The second kappa shape index (κ2) is 4.49. The van der Waals surface area contributed by atoms with Crippen molar-refractivity contribution < 1.29 is 9.55 Å². The van der Waals surface area contributed by atoms with Gasteiger partial charge < -0.3 is 0 Å². The first-order chi connectivity index (χ1) is 9.24. The molecule has 2 aromatic carbocycles. The summed E-state index contributed by atoms with van der Waals surface area (Å²) in [5.74, 6) is 0. The van der Waals surface area contributed by atoms with Crippen molar-refractivity contribution in [1.82, 2.24) is 9.71 Å². The van der Waals surface area contributed by atoms with Crippen molar-refractivity contribution >= 4 is 5.69 Å². The SMILES string of the molecule is O=[N+]([O-])c1ccc(Cn2on2-c2ccccc2)cc1. The Bertz CT molecular complexity index is 676. The highest BCUT2D eigenvalue weighted by Gasteiger charge is 2.13. The number of para-hydroxylation sites is 1. The summed E-state index contributed by atoms with van der Waals surface area (Å²) < 4.78 is 5.32. The van der Waals surface area contributed by atoms with Gasteiger partial charge in [0, 0.05) is 12.1 Å². The van der Waals surface area contributed by atoms with Gasteiger partial charge in [-0.25, -0.2) is 4.63 Å². The van der Waals surface area contributed by atoms with Gasteiger partial charge in [0.2, 0.25) is 0 Å². The van der Waals surface area contributed by atoms with E-state index in [9.17, 15) is 10.1 Å². The zero-order valence-electron chi connectivity index (χ0n) is 9.97. The third-order valence-corrected chi connectivity index (χ3v) is 2.79. The molecular formula is C13H11N3O3. The maximum atomic E-state index is 10.5. The van der Waals surface area contributed by atoms with Crippen LogP contribution in [0.2, 0.25) is 0 Å². The van der Waals surface area contributed by atoms with Gasteiger partial charge >= 0.3 is 0 Å². The zero-order chi connectivity index (χ0) is 13.2. The molecule has 0 fully saturated rings. The Labute approximate surface area is 108 Å². The van der Waals surface area contributed by atoms with Gasteiger partial charge in [-0.3, -0.25) is 10.1 Å². The number of hydrogen-bond acceptors (Lipinski definition) is 3. The van der Waals surface area contributed by atoms with E-state index in [-0.39, 0.29) is 5.69 Å². The normalized spacial score (nSPS) is 10.7. The Kier molecular flexibility index (Phi) is 2.68. The minimum Gasteiger partial charge on any atom is -0.258 e. The Morgan fingerprint density at radius 1 is 1.05 bits per heavy atom. The van der Waals surface area contributed by atoms with E-state index in [1.54, 1.807) is 21.8 Å². The number of nitro groups is 1. The van der Waals surface area contributed by atoms with Crippen molar-refractivity contribution in [3.05, 3.63) is 70.3 Å². The molecule has 6 heteroatoms. The van der Waals surface area contributed by atoms with E-state index in [1.165, 1.54) is 12.1 Å². The largest absolute Gasteiger partial charge is 0.269 e. The zero-order valence-corrected chi connectivity index (χ0v) is 9.97. The molecule has 96 valence electrons. The lowest BCUT2D eigenvalue weighted by Crippen LogP contribution is -1.96. The van der Waals surface area contributed by atoms with Gasteiger partial charge in [0.05, 0.1) is 4.92 Å². The summed E-state index contributed by atoms with van der Waals surface area (Å²) in [5.41, 5.74) is 1.99. The molecule has 6 nitrogen and oxygen atoms in total. The molecule has 0 amide bonds. The van der Waals surface area contributed by atoms with Crippen LogP contribution in [-0.4, -0.2) is 14.6 Å². The Balaban J connectivity index is 1.72. The van der Waals surface area contributed by atoms with Crippen molar-refractivity contribution in [2.24, 2.45) is 0 Å². The van der Waals surface area contributed by atoms with Crippen LogP contribution in [-0.2, 0) is 6.54 Å². The minimum absolute atomic E-state index is 0.0929. The Morgan fingerprint density at radius 3 is 2.37 bits per heavy atom. The topological polar surface area (TPSA) is 66.1 Å². The van der Waals surface area contributed by atoms with Crippen LogP contribution in [0.25, 0.3) is 5.69 Å². The van der Waals surface area contributed by atoms with E-state index in [2.05, 4.69) is 0 Å². The molecule has 0 aliphatic heterocycles. The highest BCUT2D eigenvalue weighted by Crippen LogP contribution is 2.16. The molecule has 0 N–H and O–H groups in total. The average Bonchev–Trinajstić information content (AvgIpc) is 3.20. The summed E-state index contributed by atoms with van der Waals surface area (Å²) in [4.78, 5) is 13.5. The third kappa shape index (κ3) is 2.42. The first-order valence-corrected chi connectivity index (χ1v) is 5.78. The van der Waals surface area contributed by atoms with Crippen LogP contribution in [0, 0.1) is 10.1 Å². The first-order valence-electron chi connectivity index (χ1n) is 5.78. The van der Waals surface area contributed by atoms with Crippen molar-refractivity contribution in [2.75, 3.05) is 0 Å². The van der Waals surface area contributed by atoms with Crippen molar-refractivity contribution in [1.29, 1.82) is 0 Å². The van der Waals surface area contributed by atoms with Gasteiger partial charge in [-0.1, -0.05) is 40.0 Å². The van der Waals surface area contributed by atoms with Crippen LogP contribution in [0.3, 0.4) is 0 Å². The second-order valence-electron chi connectivity index (χ2n) is 4.12. The number of nitrogens with zero attached hydrogens (tertiary/aromatic N) is 3.